The molecule has 0 bridgehead atoms. The molecule has 2 aromatic heterocycles. The molecule has 0 saturated carbocycles. The second-order valence-corrected chi connectivity index (χ2v) is 11.6. The van der Waals surface area contributed by atoms with Crippen LogP contribution in [0.4, 0.5) is 0 Å². The first-order valence-electron chi connectivity index (χ1n) is 11.6. The van der Waals surface area contributed by atoms with Crippen LogP contribution in [0.3, 0.4) is 0 Å². The Morgan fingerprint density at radius 3 is 2.56 bits per heavy atom. The van der Waals surface area contributed by atoms with Crippen LogP contribution in [0.15, 0.2) is 64.8 Å². The van der Waals surface area contributed by atoms with Gasteiger partial charge in [0.15, 0.2) is 5.75 Å². The third kappa shape index (κ3) is 6.65. The minimum Gasteiger partial charge on any atom is -0.609 e. The maximum atomic E-state index is 13.9. The molecule has 10 nitrogen and oxygen atoms in total. The van der Waals surface area contributed by atoms with E-state index in [1.807, 2.05) is 0 Å². The van der Waals surface area contributed by atoms with E-state index in [0.717, 1.165) is 10.0 Å². The number of hydrogen-bond donors (Lipinski definition) is 0. The average Bonchev–Trinajstić information content (AvgIpc) is 3.29. The van der Waals surface area contributed by atoms with E-state index < -0.39 is 27.2 Å². The Morgan fingerprint density at radius 1 is 1.10 bits per heavy atom. The molecule has 0 aliphatic carbocycles. The fourth-order valence-corrected chi connectivity index (χ4v) is 7.20. The van der Waals surface area contributed by atoms with Crippen LogP contribution in [0.5, 0.6) is 5.75 Å². The summed E-state index contributed by atoms with van der Waals surface area (Å²) in [6.07, 6.45) is 2.24. The van der Waals surface area contributed by atoms with Crippen LogP contribution in [0.1, 0.15) is 33.6 Å². The van der Waals surface area contributed by atoms with Crippen molar-refractivity contribution in [3.8, 4) is 5.75 Å². The van der Waals surface area contributed by atoms with Crippen molar-refractivity contribution in [2.45, 2.75) is 36.1 Å². The molecule has 200 valence electrons. The molecule has 1 atom stereocenters. The van der Waals surface area contributed by atoms with Gasteiger partial charge in [0.25, 0.3) is 10.0 Å². The van der Waals surface area contributed by atoms with Gasteiger partial charge in [-0.1, -0.05) is 24.3 Å². The Labute approximate surface area is 251 Å². The molecular weight excluding hydrogens is 553 g/mol. The third-order valence-corrected chi connectivity index (χ3v) is 9.09. The van der Waals surface area contributed by atoms with Gasteiger partial charge in [-0.2, -0.15) is 8.96 Å². The van der Waals surface area contributed by atoms with E-state index >= 15 is 0 Å². The van der Waals surface area contributed by atoms with E-state index in [-0.39, 0.29) is 56.4 Å². The smallest absolute Gasteiger partial charge is 0.609 e. The number of aryl methyl sites for hydroxylation is 1. The van der Waals surface area contributed by atoms with Gasteiger partial charge in [0, 0.05) is 43.1 Å². The van der Waals surface area contributed by atoms with Gasteiger partial charge in [0.05, 0.1) is 34.2 Å². The van der Waals surface area contributed by atoms with Crippen molar-refractivity contribution in [2.24, 2.45) is 0 Å². The summed E-state index contributed by atoms with van der Waals surface area (Å²) >= 11 is -1.94. The van der Waals surface area contributed by atoms with E-state index in [4.69, 9.17) is 9.47 Å². The van der Waals surface area contributed by atoms with E-state index in [9.17, 15) is 22.9 Å². The first-order chi connectivity index (χ1) is 18.1. The van der Waals surface area contributed by atoms with Crippen LogP contribution < -0.4 is 39.4 Å². The number of methoxy groups -OCH3 is 1. The molecule has 0 fully saturated rings. The number of fused-ring (bicyclic) bond motifs is 1. The van der Waals surface area contributed by atoms with Gasteiger partial charge in [0.2, 0.25) is 0 Å². The number of hydrogen-bond acceptors (Lipinski definition) is 9. The zero-order chi connectivity index (χ0) is 27.4. The number of carbonyl (C=O) groups is 1. The van der Waals surface area contributed by atoms with E-state index in [0.29, 0.717) is 47.7 Å². The van der Waals surface area contributed by atoms with Crippen LogP contribution in [-0.4, -0.2) is 53.2 Å². The Hall–Kier alpha value is -2.45. The zero-order valence-corrected chi connectivity index (χ0v) is 25.7. The maximum Gasteiger partial charge on any atom is 1.00 e. The largest absolute Gasteiger partial charge is 1.00 e. The van der Waals surface area contributed by atoms with Crippen molar-refractivity contribution in [3.63, 3.8) is 0 Å². The van der Waals surface area contributed by atoms with Gasteiger partial charge in [0.1, 0.15) is 5.75 Å². The summed E-state index contributed by atoms with van der Waals surface area (Å²) in [5.41, 5.74) is 1.73. The molecule has 0 spiro atoms. The predicted octanol–water partition coefficient (Wildman–Crippen LogP) is -0.624. The summed E-state index contributed by atoms with van der Waals surface area (Å²) in [6, 6.07) is 11.9. The molecule has 0 amide bonds. The Balaban J connectivity index is 0.00000420. The molecule has 0 N–H and O–H groups in total. The van der Waals surface area contributed by atoms with Gasteiger partial charge < -0.3 is 23.9 Å². The first kappa shape index (κ1) is 31.1. The van der Waals surface area contributed by atoms with E-state index in [2.05, 4.69) is 9.97 Å². The van der Waals surface area contributed by atoms with Gasteiger partial charge in [-0.15, -0.1) is 0 Å². The number of carbonyl (C=O) groups excluding carboxylic acids is 1. The van der Waals surface area contributed by atoms with Gasteiger partial charge in [-0.05, 0) is 49.2 Å². The summed E-state index contributed by atoms with van der Waals surface area (Å²) < 4.78 is 53.2. The number of rotatable bonds is 11. The fourth-order valence-electron chi connectivity index (χ4n) is 3.90. The van der Waals surface area contributed by atoms with Crippen molar-refractivity contribution in [2.75, 3.05) is 20.3 Å². The van der Waals surface area contributed by atoms with Crippen LogP contribution in [0.2, 0.25) is 0 Å². The molecule has 0 aliphatic rings. The van der Waals surface area contributed by atoms with Crippen LogP contribution in [0, 0.1) is 13.8 Å². The average molecular weight is 580 g/mol. The van der Waals surface area contributed by atoms with Crippen molar-refractivity contribution in [1.82, 2.24) is 13.9 Å². The Morgan fingerprint density at radius 2 is 1.85 bits per heavy atom. The summed E-state index contributed by atoms with van der Waals surface area (Å²) in [5.74, 6) is -1.04. The number of benzene rings is 2. The molecule has 0 radical (unpaired) electrons. The number of imidazole rings is 1. The van der Waals surface area contributed by atoms with Crippen LogP contribution in [-0.2, 0) is 31.7 Å². The van der Waals surface area contributed by atoms with Crippen molar-refractivity contribution < 1.29 is 61.9 Å². The molecule has 2 heterocycles. The number of para-hydroxylation sites is 2. The number of aromatic nitrogens is 3. The molecule has 0 aliphatic heterocycles. The predicted molar refractivity (Wildman–Crippen MR) is 139 cm³/mol. The summed E-state index contributed by atoms with van der Waals surface area (Å²) in [7, 11) is -2.79. The number of carboxylic acids is 1. The SMILES string of the molecule is COCCCOc1ccnc(C[S+]([O-])c2nc3ccccc3n2S(=O)(=O)c2cc(C(=O)[O-])ccc2C)c1C.[Na+]. The quantitative estimate of drug-likeness (QED) is 0.129. The number of ether oxygens (including phenoxy) is 2. The molecule has 0 saturated heterocycles. The summed E-state index contributed by atoms with van der Waals surface area (Å²) in [4.78, 5) is 19.9. The molecular formula is C26H26N3NaO7S2. The molecule has 1 unspecified atom stereocenters. The second kappa shape index (κ2) is 13.3. The number of carboxylic acid groups (broad SMARTS) is 1. The standard InChI is InChI=1S/C26H27N3O7S2.Na/c1-17-9-10-19(25(30)31)15-24(17)38(33,34)29-22-8-5-4-7-20(22)28-26(29)37(32)16-21-18(2)23(11-12-27-21)36-14-6-13-35-3;/h4-5,7-12,15H,6,13-14,16H2,1-3H3,(H,30,31);/q;+1/p-1. The normalized spacial score (nSPS) is 12.2. The molecule has 4 rings (SSSR count). The minimum absolute atomic E-state index is 0. The molecule has 39 heavy (non-hydrogen) atoms. The molecule has 2 aromatic carbocycles. The topological polar surface area (TPSA) is 146 Å². The minimum atomic E-state index is -4.40. The van der Waals surface area contributed by atoms with Gasteiger partial charge in [-0.25, -0.2) is 8.42 Å². The molecule has 4 aromatic rings. The third-order valence-electron chi connectivity index (χ3n) is 5.91. The summed E-state index contributed by atoms with van der Waals surface area (Å²) in [5, 5.41) is 11.2. The van der Waals surface area contributed by atoms with Crippen molar-refractivity contribution in [1.29, 1.82) is 0 Å². The van der Waals surface area contributed by atoms with Crippen LogP contribution >= 0.6 is 0 Å². The second-order valence-electron chi connectivity index (χ2n) is 8.49. The number of pyridine rings is 1. The van der Waals surface area contributed by atoms with Crippen molar-refractivity contribution in [3.05, 3.63) is 77.1 Å². The zero-order valence-electron chi connectivity index (χ0n) is 22.0. The Kier molecular flexibility index (Phi) is 10.6. The monoisotopic (exact) mass is 579 g/mol. The summed E-state index contributed by atoms with van der Waals surface area (Å²) in [6.45, 7) is 4.32. The van der Waals surface area contributed by atoms with Crippen molar-refractivity contribution >= 4 is 38.2 Å². The number of nitrogens with zero attached hydrogens (tertiary/aromatic N) is 3. The van der Waals surface area contributed by atoms with Crippen LogP contribution in [0.25, 0.3) is 11.0 Å². The van der Waals surface area contributed by atoms with Gasteiger partial charge >= 0.3 is 34.7 Å². The molecule has 13 heteroatoms. The fraction of sp³-hybridized carbons (Fsp3) is 0.269. The van der Waals surface area contributed by atoms with E-state index in [1.165, 1.54) is 12.1 Å². The Bertz CT molecular complexity index is 1590. The maximum absolute atomic E-state index is 13.9. The van der Waals surface area contributed by atoms with E-state index in [1.54, 1.807) is 57.5 Å². The number of aromatic carboxylic acids is 1. The first-order valence-corrected chi connectivity index (χ1v) is 14.4. The van der Waals surface area contributed by atoms with Gasteiger partial charge in [-0.3, -0.25) is 4.98 Å².